The van der Waals surface area contributed by atoms with Crippen molar-refractivity contribution in [2.75, 3.05) is 5.32 Å². The van der Waals surface area contributed by atoms with Crippen molar-refractivity contribution >= 4 is 23.3 Å². The molecule has 0 unspecified atom stereocenters. The van der Waals surface area contributed by atoms with Crippen LogP contribution in [0, 0.1) is 10.1 Å². The Morgan fingerprint density at radius 3 is 2.29 bits per heavy atom. The second kappa shape index (κ2) is 7.39. The number of benzene rings is 2. The molecule has 0 atom stereocenters. The summed E-state index contributed by atoms with van der Waals surface area (Å²) in [7, 11) is 0. The van der Waals surface area contributed by atoms with Gasteiger partial charge in [0.2, 0.25) is 0 Å². The van der Waals surface area contributed by atoms with E-state index in [0.717, 1.165) is 6.20 Å². The molecule has 9 nitrogen and oxygen atoms in total. The lowest BCUT2D eigenvalue weighted by molar-refractivity contribution is -0.384. The van der Waals surface area contributed by atoms with Gasteiger partial charge in [0.15, 0.2) is 5.57 Å². The van der Waals surface area contributed by atoms with Crippen LogP contribution >= 0.6 is 0 Å². The van der Waals surface area contributed by atoms with E-state index in [0.29, 0.717) is 5.75 Å². The van der Waals surface area contributed by atoms with Crippen LogP contribution in [0.4, 0.5) is 11.4 Å². The molecular formula is C19H16N2O7. The normalized spacial score (nSPS) is 15.3. The molecule has 0 radical (unpaired) electrons. The van der Waals surface area contributed by atoms with E-state index in [1.54, 1.807) is 24.3 Å². The number of hydrogen-bond acceptors (Lipinski definition) is 8. The van der Waals surface area contributed by atoms with Crippen molar-refractivity contribution in [3.8, 4) is 11.5 Å². The first-order valence-corrected chi connectivity index (χ1v) is 8.20. The van der Waals surface area contributed by atoms with E-state index in [1.165, 1.54) is 32.0 Å². The number of carbonyl (C=O) groups excluding carboxylic acids is 2. The summed E-state index contributed by atoms with van der Waals surface area (Å²) in [6, 6.07) is 12.9. The Bertz CT molecular complexity index is 946. The molecule has 2 aromatic rings. The van der Waals surface area contributed by atoms with Crippen molar-refractivity contribution < 1.29 is 28.7 Å². The molecule has 1 aliphatic rings. The van der Waals surface area contributed by atoms with Crippen molar-refractivity contribution in [3.63, 3.8) is 0 Å². The SMILES string of the molecule is CC1(C)OC(=O)C(=CNc2ccc(Oc3ccccc3)cc2[N+](=O)[O-])C(=O)O1. The van der Waals surface area contributed by atoms with Crippen molar-refractivity contribution in [2.45, 2.75) is 19.6 Å². The predicted molar refractivity (Wildman–Crippen MR) is 97.6 cm³/mol. The van der Waals surface area contributed by atoms with Gasteiger partial charge in [-0.3, -0.25) is 10.1 Å². The predicted octanol–water partition coefficient (Wildman–Crippen LogP) is 3.52. The van der Waals surface area contributed by atoms with E-state index in [9.17, 15) is 19.7 Å². The van der Waals surface area contributed by atoms with E-state index < -0.39 is 28.2 Å². The van der Waals surface area contributed by atoms with Crippen LogP contribution in [-0.4, -0.2) is 22.6 Å². The van der Waals surface area contributed by atoms with Crippen LogP contribution in [0.3, 0.4) is 0 Å². The number of esters is 2. The van der Waals surface area contributed by atoms with Crippen LogP contribution in [0.25, 0.3) is 0 Å². The molecule has 1 aliphatic heterocycles. The molecule has 3 rings (SSSR count). The molecule has 144 valence electrons. The highest BCUT2D eigenvalue weighted by atomic mass is 16.7. The Balaban J connectivity index is 1.83. The van der Waals surface area contributed by atoms with E-state index in [2.05, 4.69) is 5.32 Å². The molecule has 1 fully saturated rings. The van der Waals surface area contributed by atoms with Crippen LogP contribution < -0.4 is 10.1 Å². The van der Waals surface area contributed by atoms with Crippen molar-refractivity contribution in [2.24, 2.45) is 0 Å². The van der Waals surface area contributed by atoms with Gasteiger partial charge in [-0.15, -0.1) is 0 Å². The lowest BCUT2D eigenvalue weighted by atomic mass is 10.2. The van der Waals surface area contributed by atoms with Crippen molar-refractivity contribution in [3.05, 3.63) is 70.4 Å². The Morgan fingerprint density at radius 1 is 1.04 bits per heavy atom. The largest absolute Gasteiger partial charge is 0.457 e. The summed E-state index contributed by atoms with van der Waals surface area (Å²) in [6.07, 6.45) is 1.01. The molecule has 1 saturated heterocycles. The van der Waals surface area contributed by atoms with E-state index in [4.69, 9.17) is 14.2 Å². The second-order valence-electron chi connectivity index (χ2n) is 6.23. The molecule has 1 heterocycles. The number of carbonyl (C=O) groups is 2. The number of ether oxygens (including phenoxy) is 3. The zero-order valence-corrected chi connectivity index (χ0v) is 15.0. The number of nitro benzene ring substituents is 1. The Labute approximate surface area is 159 Å². The first-order valence-electron chi connectivity index (χ1n) is 8.20. The molecule has 2 aromatic carbocycles. The summed E-state index contributed by atoms with van der Waals surface area (Å²) < 4.78 is 15.5. The van der Waals surface area contributed by atoms with Gasteiger partial charge in [-0.05, 0) is 24.3 Å². The number of para-hydroxylation sites is 1. The van der Waals surface area contributed by atoms with Gasteiger partial charge in [-0.1, -0.05) is 18.2 Å². The first kappa shape index (κ1) is 18.9. The van der Waals surface area contributed by atoms with E-state index >= 15 is 0 Å². The van der Waals surface area contributed by atoms with Gasteiger partial charge < -0.3 is 19.5 Å². The maximum absolute atomic E-state index is 11.9. The molecular weight excluding hydrogens is 368 g/mol. The standard InChI is InChI=1S/C19H16N2O7/c1-19(2)27-17(22)14(18(23)28-19)11-20-15-9-8-13(10-16(15)21(24)25)26-12-6-4-3-5-7-12/h3-11,20H,1-2H3. The minimum absolute atomic E-state index is 0.0587. The second-order valence-corrected chi connectivity index (χ2v) is 6.23. The lowest BCUT2D eigenvalue weighted by Gasteiger charge is -2.29. The summed E-state index contributed by atoms with van der Waals surface area (Å²) in [5, 5.41) is 14.0. The topological polar surface area (TPSA) is 117 Å². The smallest absolute Gasteiger partial charge is 0.350 e. The summed E-state index contributed by atoms with van der Waals surface area (Å²) in [6.45, 7) is 2.84. The van der Waals surface area contributed by atoms with Crippen molar-refractivity contribution in [1.29, 1.82) is 0 Å². The Hall–Kier alpha value is -3.88. The number of nitrogens with zero attached hydrogens (tertiary/aromatic N) is 1. The highest BCUT2D eigenvalue weighted by Crippen LogP contribution is 2.32. The minimum Gasteiger partial charge on any atom is -0.457 e. The number of hydrogen-bond donors (Lipinski definition) is 1. The summed E-state index contributed by atoms with van der Waals surface area (Å²) in [5.74, 6) is -2.36. The average Bonchev–Trinajstić information content (AvgIpc) is 2.61. The Kier molecular flexibility index (Phi) is 4.99. The number of nitro groups is 1. The third-order valence-corrected chi connectivity index (χ3v) is 3.63. The number of rotatable bonds is 5. The van der Waals surface area contributed by atoms with E-state index in [1.807, 2.05) is 6.07 Å². The highest BCUT2D eigenvalue weighted by molar-refractivity contribution is 6.15. The van der Waals surface area contributed by atoms with Crippen LogP contribution in [0.15, 0.2) is 60.3 Å². The molecule has 0 bridgehead atoms. The average molecular weight is 384 g/mol. The number of anilines is 1. The maximum atomic E-state index is 11.9. The van der Waals surface area contributed by atoms with Crippen molar-refractivity contribution in [1.82, 2.24) is 0 Å². The molecule has 28 heavy (non-hydrogen) atoms. The van der Waals surface area contributed by atoms with Gasteiger partial charge in [-0.25, -0.2) is 9.59 Å². The fourth-order valence-electron chi connectivity index (χ4n) is 2.40. The van der Waals surface area contributed by atoms with Crippen LogP contribution in [0.5, 0.6) is 11.5 Å². The van der Waals surface area contributed by atoms with Gasteiger partial charge >= 0.3 is 11.9 Å². The van der Waals surface area contributed by atoms with Gasteiger partial charge in [0, 0.05) is 20.0 Å². The van der Waals surface area contributed by atoms with Gasteiger partial charge in [-0.2, -0.15) is 0 Å². The van der Waals surface area contributed by atoms with E-state index in [-0.39, 0.29) is 17.1 Å². The minimum atomic E-state index is -1.37. The van der Waals surface area contributed by atoms with Crippen LogP contribution in [-0.2, 0) is 19.1 Å². The molecule has 0 aromatic heterocycles. The van der Waals surface area contributed by atoms with Crippen LogP contribution in [0.2, 0.25) is 0 Å². The monoisotopic (exact) mass is 384 g/mol. The summed E-state index contributed by atoms with van der Waals surface area (Å²) in [4.78, 5) is 34.7. The van der Waals surface area contributed by atoms with Gasteiger partial charge in [0.25, 0.3) is 11.5 Å². The Morgan fingerprint density at radius 2 is 1.68 bits per heavy atom. The fraction of sp³-hybridized carbons (Fsp3) is 0.158. The molecule has 0 amide bonds. The molecule has 0 spiro atoms. The quantitative estimate of drug-likeness (QED) is 0.274. The van der Waals surface area contributed by atoms with Gasteiger partial charge in [0.1, 0.15) is 17.2 Å². The maximum Gasteiger partial charge on any atom is 0.350 e. The third-order valence-electron chi connectivity index (χ3n) is 3.63. The first-order chi connectivity index (χ1) is 13.2. The molecule has 9 heteroatoms. The zero-order valence-electron chi connectivity index (χ0n) is 15.0. The molecule has 0 aliphatic carbocycles. The fourth-order valence-corrected chi connectivity index (χ4v) is 2.40. The summed E-state index contributed by atoms with van der Waals surface area (Å²) in [5.41, 5.74) is -0.648. The highest BCUT2D eigenvalue weighted by Gasteiger charge is 2.39. The zero-order chi connectivity index (χ0) is 20.3. The van der Waals surface area contributed by atoms with Gasteiger partial charge in [0.05, 0.1) is 11.0 Å². The molecule has 0 saturated carbocycles. The third kappa shape index (κ3) is 4.26. The van der Waals surface area contributed by atoms with Crippen LogP contribution in [0.1, 0.15) is 13.8 Å². The summed E-state index contributed by atoms with van der Waals surface area (Å²) >= 11 is 0. The number of nitrogens with one attached hydrogen (secondary N) is 1. The number of cyclic esters (lactones) is 2. The lowest BCUT2D eigenvalue weighted by Crippen LogP contribution is -2.42. The molecule has 1 N–H and O–H groups in total.